The van der Waals surface area contributed by atoms with Crippen molar-refractivity contribution < 1.29 is 9.53 Å². The van der Waals surface area contributed by atoms with Crippen LogP contribution in [0.3, 0.4) is 0 Å². The Morgan fingerprint density at radius 3 is 2.66 bits per heavy atom. The van der Waals surface area contributed by atoms with E-state index in [9.17, 15) is 9.59 Å². The van der Waals surface area contributed by atoms with Gasteiger partial charge in [-0.3, -0.25) is 14.2 Å². The van der Waals surface area contributed by atoms with E-state index in [4.69, 9.17) is 17.0 Å². The van der Waals surface area contributed by atoms with Crippen LogP contribution in [0.25, 0.3) is 16.6 Å². The van der Waals surface area contributed by atoms with Gasteiger partial charge in [0, 0.05) is 17.7 Å². The second-order valence-electron chi connectivity index (χ2n) is 7.54. The number of aromatic nitrogens is 2. The zero-order valence-corrected chi connectivity index (χ0v) is 18.9. The summed E-state index contributed by atoms with van der Waals surface area (Å²) in [5, 5.41) is 3.35. The van der Waals surface area contributed by atoms with Gasteiger partial charge in [0.05, 0.1) is 23.7 Å². The number of hydrogen-bond donors (Lipinski definition) is 2. The van der Waals surface area contributed by atoms with Gasteiger partial charge in [-0.25, -0.2) is 0 Å². The number of carbonyl (C=O) groups excluding carboxylic acids is 1. The maximum absolute atomic E-state index is 13.2. The van der Waals surface area contributed by atoms with Gasteiger partial charge in [0.2, 0.25) is 0 Å². The highest BCUT2D eigenvalue weighted by Gasteiger charge is 2.13. The van der Waals surface area contributed by atoms with Crippen LogP contribution >= 0.6 is 12.2 Å². The third-order valence-corrected chi connectivity index (χ3v) is 5.89. The summed E-state index contributed by atoms with van der Waals surface area (Å²) < 4.78 is 7.11. The molecule has 32 heavy (non-hydrogen) atoms. The van der Waals surface area contributed by atoms with E-state index in [1.807, 2.05) is 56.3 Å². The molecule has 0 spiro atoms. The summed E-state index contributed by atoms with van der Waals surface area (Å²) >= 11 is 5.50. The normalized spacial score (nSPS) is 10.8. The van der Waals surface area contributed by atoms with Gasteiger partial charge in [0.25, 0.3) is 11.5 Å². The lowest BCUT2D eigenvalue weighted by Crippen LogP contribution is -2.24. The minimum Gasteiger partial charge on any atom is -0.496 e. The van der Waals surface area contributed by atoms with Gasteiger partial charge in [-0.15, -0.1) is 0 Å². The number of nitrogens with zero attached hydrogens (tertiary/aromatic N) is 1. The minimum absolute atomic E-state index is 0.224. The van der Waals surface area contributed by atoms with Gasteiger partial charge < -0.3 is 15.0 Å². The molecule has 1 amide bonds. The average Bonchev–Trinajstić information content (AvgIpc) is 2.80. The molecule has 7 heteroatoms. The molecule has 0 fully saturated rings. The summed E-state index contributed by atoms with van der Waals surface area (Å²) in [6.45, 7) is 4.28. The van der Waals surface area contributed by atoms with Gasteiger partial charge in [0.1, 0.15) is 5.75 Å². The Morgan fingerprint density at radius 1 is 1.09 bits per heavy atom. The van der Waals surface area contributed by atoms with Crippen LogP contribution in [0.1, 0.15) is 27.0 Å². The molecule has 0 bridgehead atoms. The number of fused-ring (bicyclic) bond motifs is 1. The molecule has 0 saturated carbocycles. The average molecular weight is 446 g/mol. The maximum Gasteiger partial charge on any atom is 0.266 e. The first-order valence-corrected chi connectivity index (χ1v) is 10.6. The van der Waals surface area contributed by atoms with E-state index in [-0.39, 0.29) is 16.2 Å². The van der Waals surface area contributed by atoms with Crippen molar-refractivity contribution in [2.24, 2.45) is 0 Å². The number of aryl methyl sites for hydroxylation is 1. The van der Waals surface area contributed by atoms with Crippen LogP contribution in [0, 0.1) is 18.6 Å². The van der Waals surface area contributed by atoms with Crippen molar-refractivity contribution in [2.45, 2.75) is 20.4 Å². The van der Waals surface area contributed by atoms with Crippen LogP contribution < -0.4 is 15.6 Å². The Morgan fingerprint density at radius 2 is 1.88 bits per heavy atom. The molecular formula is C25H23N3O3S. The van der Waals surface area contributed by atoms with E-state index in [2.05, 4.69) is 10.3 Å². The zero-order chi connectivity index (χ0) is 22.8. The fourth-order valence-electron chi connectivity index (χ4n) is 3.68. The molecule has 6 nitrogen and oxygen atoms in total. The lowest BCUT2D eigenvalue weighted by Gasteiger charge is -2.13. The van der Waals surface area contributed by atoms with Crippen LogP contribution in [0.15, 0.2) is 65.5 Å². The molecule has 3 aromatic carbocycles. The Labute approximate surface area is 190 Å². The molecule has 2 N–H and O–H groups in total. The second kappa shape index (κ2) is 8.80. The third-order valence-electron chi connectivity index (χ3n) is 5.61. The van der Waals surface area contributed by atoms with E-state index in [0.717, 1.165) is 22.4 Å². The number of ether oxygens (including phenoxy) is 1. The van der Waals surface area contributed by atoms with Gasteiger partial charge >= 0.3 is 0 Å². The van der Waals surface area contributed by atoms with E-state index in [1.54, 1.807) is 25.3 Å². The Kier molecular flexibility index (Phi) is 5.92. The lowest BCUT2D eigenvalue weighted by atomic mass is 10.1. The van der Waals surface area contributed by atoms with E-state index in [0.29, 0.717) is 28.8 Å². The quantitative estimate of drug-likeness (QED) is 0.440. The first-order chi connectivity index (χ1) is 15.4. The molecule has 4 aromatic rings. The summed E-state index contributed by atoms with van der Waals surface area (Å²) in [5.74, 6) is 0.457. The van der Waals surface area contributed by atoms with Crippen molar-refractivity contribution in [1.29, 1.82) is 0 Å². The van der Waals surface area contributed by atoms with Crippen molar-refractivity contribution in [3.8, 4) is 11.4 Å². The first-order valence-electron chi connectivity index (χ1n) is 10.2. The zero-order valence-electron chi connectivity index (χ0n) is 18.1. The van der Waals surface area contributed by atoms with E-state index in [1.165, 1.54) is 4.57 Å². The fourth-order valence-corrected chi connectivity index (χ4v) is 3.97. The summed E-state index contributed by atoms with van der Waals surface area (Å²) in [6.07, 6.45) is 0. The number of rotatable bonds is 5. The van der Waals surface area contributed by atoms with Crippen molar-refractivity contribution in [2.75, 3.05) is 7.11 Å². The number of benzene rings is 3. The maximum atomic E-state index is 13.2. The molecule has 0 aliphatic carbocycles. The SMILES string of the molecule is COc1ccccc1CNC(=O)c1ccc2c(=O)n(-c3cccc(C)c3C)c(=S)[nH]c2c1. The molecule has 4 rings (SSSR count). The Hall–Kier alpha value is -3.71. The van der Waals surface area contributed by atoms with Crippen LogP contribution in [0.4, 0.5) is 0 Å². The molecule has 0 aliphatic heterocycles. The summed E-state index contributed by atoms with van der Waals surface area (Å²) in [7, 11) is 1.59. The van der Waals surface area contributed by atoms with Crippen molar-refractivity contribution in [3.63, 3.8) is 0 Å². The number of carbonyl (C=O) groups is 1. The number of aromatic amines is 1. The highest BCUT2D eigenvalue weighted by Crippen LogP contribution is 2.19. The third kappa shape index (κ3) is 3.94. The van der Waals surface area contributed by atoms with Gasteiger partial charge in [-0.2, -0.15) is 0 Å². The molecule has 0 atom stereocenters. The molecule has 0 radical (unpaired) electrons. The van der Waals surface area contributed by atoms with Crippen LogP contribution in [0.2, 0.25) is 0 Å². The number of nitrogens with one attached hydrogen (secondary N) is 2. The topological polar surface area (TPSA) is 76.1 Å². The van der Waals surface area contributed by atoms with Crippen LogP contribution in [0.5, 0.6) is 5.75 Å². The predicted octanol–water partition coefficient (Wildman–Crippen LogP) is 4.60. The number of hydrogen-bond acceptors (Lipinski definition) is 4. The van der Waals surface area contributed by atoms with Crippen molar-refractivity contribution in [3.05, 3.63) is 98.0 Å². The molecule has 1 aromatic heterocycles. The standard InChI is InChI=1S/C25H23N3O3S/c1-15-7-6-9-21(16(15)2)28-24(30)19-12-11-17(13-20(19)27-25(28)32)23(29)26-14-18-8-4-5-10-22(18)31-3/h4-13H,14H2,1-3H3,(H,26,29)(H,27,32). The van der Waals surface area contributed by atoms with Gasteiger partial charge in [-0.05, 0) is 67.5 Å². The molecule has 0 unspecified atom stereocenters. The summed E-state index contributed by atoms with van der Waals surface area (Å²) in [6, 6.07) is 18.2. The molecular weight excluding hydrogens is 422 g/mol. The molecule has 1 heterocycles. The van der Waals surface area contributed by atoms with Gasteiger partial charge in [-0.1, -0.05) is 30.3 Å². The second-order valence-corrected chi connectivity index (χ2v) is 7.93. The summed E-state index contributed by atoms with van der Waals surface area (Å²) in [4.78, 5) is 29.1. The number of amides is 1. The first kappa shape index (κ1) is 21.5. The van der Waals surface area contributed by atoms with Crippen LogP contribution in [-0.2, 0) is 6.54 Å². The van der Waals surface area contributed by atoms with Crippen molar-refractivity contribution in [1.82, 2.24) is 14.9 Å². The molecule has 0 aliphatic rings. The minimum atomic E-state index is -0.254. The molecule has 162 valence electrons. The monoisotopic (exact) mass is 445 g/mol. The predicted molar refractivity (Wildman–Crippen MR) is 128 cm³/mol. The number of methoxy groups -OCH3 is 1. The largest absolute Gasteiger partial charge is 0.496 e. The van der Waals surface area contributed by atoms with Crippen molar-refractivity contribution >= 4 is 29.0 Å². The summed E-state index contributed by atoms with van der Waals surface area (Å²) in [5.41, 5.74) is 4.41. The van der Waals surface area contributed by atoms with Gasteiger partial charge in [0.15, 0.2) is 4.77 Å². The fraction of sp³-hybridized carbons (Fsp3) is 0.160. The highest BCUT2D eigenvalue weighted by atomic mass is 32.1. The van der Waals surface area contributed by atoms with E-state index < -0.39 is 0 Å². The molecule has 0 saturated heterocycles. The lowest BCUT2D eigenvalue weighted by molar-refractivity contribution is 0.0951. The number of para-hydroxylation sites is 1. The number of H-pyrrole nitrogens is 1. The highest BCUT2D eigenvalue weighted by molar-refractivity contribution is 7.71. The Bertz CT molecular complexity index is 1450. The Balaban J connectivity index is 1.68. The van der Waals surface area contributed by atoms with E-state index >= 15 is 0 Å². The smallest absolute Gasteiger partial charge is 0.266 e. The van der Waals surface area contributed by atoms with Crippen LogP contribution in [-0.4, -0.2) is 22.6 Å².